The van der Waals surface area contributed by atoms with Crippen LogP contribution in [0.4, 0.5) is 27.6 Å². The summed E-state index contributed by atoms with van der Waals surface area (Å²) in [5.41, 5.74) is -0.990. The molecule has 0 unspecified atom stereocenters. The maximum Gasteiger partial charge on any atom is 0.419 e. The molecule has 0 spiro atoms. The zero-order chi connectivity index (χ0) is 29.9. The lowest BCUT2D eigenvalue weighted by Gasteiger charge is -2.27. The summed E-state index contributed by atoms with van der Waals surface area (Å²) in [6.45, 7) is -0.809. The quantitative estimate of drug-likeness (QED) is 0.211. The number of hydrogen-bond donors (Lipinski definition) is 1. The Kier molecular flexibility index (Phi) is 7.39. The number of alkyl halides is 3. The number of anilines is 1. The Labute approximate surface area is 240 Å². The van der Waals surface area contributed by atoms with Crippen LogP contribution in [0.2, 0.25) is 0 Å². The van der Waals surface area contributed by atoms with Crippen LogP contribution in [0.25, 0.3) is 22.3 Å². The molecule has 3 aromatic carbocycles. The van der Waals surface area contributed by atoms with Crippen LogP contribution in [0.1, 0.15) is 45.8 Å². The summed E-state index contributed by atoms with van der Waals surface area (Å²) >= 11 is 2.77. The van der Waals surface area contributed by atoms with E-state index in [1.54, 1.807) is 6.07 Å². The Bertz CT molecular complexity index is 1780. The van der Waals surface area contributed by atoms with E-state index in [4.69, 9.17) is 4.42 Å². The van der Waals surface area contributed by atoms with Crippen LogP contribution in [-0.2, 0) is 22.7 Å². The van der Waals surface area contributed by atoms with Crippen LogP contribution in [0.15, 0.2) is 57.4 Å². The van der Waals surface area contributed by atoms with Crippen molar-refractivity contribution < 1.29 is 39.6 Å². The molecule has 0 atom stereocenters. The molecule has 4 aromatic rings. The van der Waals surface area contributed by atoms with E-state index in [0.29, 0.717) is 29.4 Å². The van der Waals surface area contributed by atoms with Crippen molar-refractivity contribution in [2.24, 2.45) is 0 Å². The van der Waals surface area contributed by atoms with Crippen molar-refractivity contribution in [1.82, 2.24) is 5.32 Å². The van der Waals surface area contributed by atoms with Crippen molar-refractivity contribution in [2.45, 2.75) is 31.5 Å². The van der Waals surface area contributed by atoms with Gasteiger partial charge in [-0.25, -0.2) is 17.2 Å². The molecule has 1 saturated carbocycles. The molecule has 216 valence electrons. The molecule has 41 heavy (non-hydrogen) atoms. The minimum absolute atomic E-state index is 0.0572. The lowest BCUT2D eigenvalue weighted by atomic mass is 10.00. The molecule has 5 rings (SSSR count). The van der Waals surface area contributed by atoms with Gasteiger partial charge in [0.05, 0.1) is 34.1 Å². The van der Waals surface area contributed by atoms with Gasteiger partial charge in [-0.15, -0.1) is 0 Å². The normalized spacial score (nSPS) is 14.0. The van der Waals surface area contributed by atoms with E-state index >= 15 is 0 Å². The number of nitrogens with zero attached hydrogens (tertiary/aromatic N) is 1. The highest BCUT2D eigenvalue weighted by molar-refractivity contribution is 9.10. The molecule has 1 fully saturated rings. The van der Waals surface area contributed by atoms with Crippen LogP contribution < -0.4 is 9.62 Å². The van der Waals surface area contributed by atoms with E-state index in [1.807, 2.05) is 0 Å². The Morgan fingerprint density at radius 1 is 1.10 bits per heavy atom. The highest BCUT2D eigenvalue weighted by atomic mass is 79.9. The molecule has 0 radical (unpaired) electrons. The van der Waals surface area contributed by atoms with Gasteiger partial charge in [-0.2, -0.15) is 13.2 Å². The van der Waals surface area contributed by atoms with Crippen LogP contribution in [0, 0.1) is 11.6 Å². The maximum absolute atomic E-state index is 14.7. The van der Waals surface area contributed by atoms with Crippen LogP contribution in [0.5, 0.6) is 0 Å². The van der Waals surface area contributed by atoms with E-state index < -0.39 is 55.9 Å². The number of carbonyl (C=O) groups excluding carboxylic acids is 1. The number of sulfonamides is 1. The molecule has 0 aliphatic heterocycles. The highest BCUT2D eigenvalue weighted by Gasteiger charge is 2.39. The monoisotopic (exact) mass is 656 g/mol. The summed E-state index contributed by atoms with van der Waals surface area (Å²) in [6.07, 6.45) is -2.87. The Balaban J connectivity index is 1.74. The van der Waals surface area contributed by atoms with Crippen LogP contribution >= 0.6 is 15.9 Å². The molecule has 1 aliphatic rings. The predicted octanol–water partition coefficient (Wildman–Crippen LogP) is 7.36. The van der Waals surface area contributed by atoms with Gasteiger partial charge < -0.3 is 9.73 Å². The number of hydrogen-bond acceptors (Lipinski definition) is 4. The fourth-order valence-electron chi connectivity index (χ4n) is 4.81. The van der Waals surface area contributed by atoms with E-state index in [1.165, 1.54) is 37.4 Å². The van der Waals surface area contributed by atoms with Gasteiger partial charge in [0.25, 0.3) is 5.91 Å². The molecule has 6 nitrogen and oxygen atoms in total. The molecule has 1 aromatic heterocycles. The number of benzene rings is 3. The minimum Gasteiger partial charge on any atom is -0.455 e. The van der Waals surface area contributed by atoms with Crippen molar-refractivity contribution in [2.75, 3.05) is 17.6 Å². The van der Waals surface area contributed by atoms with Crippen LogP contribution in [-0.4, -0.2) is 27.6 Å². The van der Waals surface area contributed by atoms with Crippen LogP contribution in [0.3, 0.4) is 0 Å². The third-order valence-electron chi connectivity index (χ3n) is 6.86. The Morgan fingerprint density at radius 2 is 1.76 bits per heavy atom. The van der Waals surface area contributed by atoms with Crippen molar-refractivity contribution in [3.63, 3.8) is 0 Å². The third-order valence-corrected chi connectivity index (χ3v) is 8.60. The summed E-state index contributed by atoms with van der Waals surface area (Å²) in [5, 5.41) is 2.90. The largest absolute Gasteiger partial charge is 0.455 e. The van der Waals surface area contributed by atoms with Gasteiger partial charge in [-0.1, -0.05) is 6.07 Å². The first-order valence-corrected chi connectivity index (χ1v) is 14.9. The molecule has 0 saturated heterocycles. The van der Waals surface area contributed by atoms with Gasteiger partial charge >= 0.3 is 6.18 Å². The lowest BCUT2D eigenvalue weighted by Crippen LogP contribution is -2.31. The molecule has 1 amide bonds. The zero-order valence-electron chi connectivity index (χ0n) is 21.6. The van der Waals surface area contributed by atoms with Crippen molar-refractivity contribution in [3.05, 3.63) is 86.9 Å². The van der Waals surface area contributed by atoms with Crippen molar-refractivity contribution in [3.8, 4) is 11.3 Å². The smallest absolute Gasteiger partial charge is 0.419 e. The summed E-state index contributed by atoms with van der Waals surface area (Å²) in [7, 11) is -2.79. The number of rotatable bonds is 7. The fraction of sp³-hybridized carbons (Fsp3) is 0.250. The predicted molar refractivity (Wildman–Crippen MR) is 147 cm³/mol. The number of amides is 1. The first-order chi connectivity index (χ1) is 19.2. The molecular formula is C28H22BrF5N2O4S. The summed E-state index contributed by atoms with van der Waals surface area (Å²) in [4.78, 5) is 13.0. The van der Waals surface area contributed by atoms with Crippen molar-refractivity contribution >= 4 is 48.5 Å². The van der Waals surface area contributed by atoms with Gasteiger partial charge in [0.15, 0.2) is 0 Å². The number of furan rings is 1. The molecule has 1 N–H and O–H groups in total. The molecule has 1 aliphatic carbocycles. The molecule has 13 heteroatoms. The van der Waals surface area contributed by atoms with E-state index in [0.717, 1.165) is 22.7 Å². The van der Waals surface area contributed by atoms with Gasteiger partial charge in [0.1, 0.15) is 23.0 Å². The average Bonchev–Trinajstić information content (AvgIpc) is 3.67. The first-order valence-electron chi connectivity index (χ1n) is 12.3. The lowest BCUT2D eigenvalue weighted by molar-refractivity contribution is -0.140. The number of carbonyl (C=O) groups is 1. The molecule has 0 bridgehead atoms. The van der Waals surface area contributed by atoms with Gasteiger partial charge in [-0.05, 0) is 82.2 Å². The minimum atomic E-state index is -5.09. The molecular weight excluding hydrogens is 635 g/mol. The third kappa shape index (κ3) is 5.56. The number of fused-ring (bicyclic) bond motifs is 1. The fourth-order valence-corrected chi connectivity index (χ4v) is 6.03. The SMILES string of the molecule is CNC(=O)c1c(-c2ccc(F)cc2)oc2cc(N(Cc3ccc(Br)c(F)c3C(F)(F)F)S(C)(=O)=O)c(C3CC3)cc12. The topological polar surface area (TPSA) is 79.6 Å². The standard InChI is InChI=1S/C28H22BrF5N2O4S/c1-35-27(37)23-19-11-18(14-3-4-14)21(12-22(19)40-26(23)15-5-8-17(30)9-6-15)36(41(2,38)39)13-16-7-10-20(29)25(31)24(16)28(32,33)34/h5-12,14H,3-4,13H2,1-2H3,(H,35,37). The van der Waals surface area contributed by atoms with E-state index in [-0.39, 0.29) is 28.5 Å². The second kappa shape index (κ2) is 10.4. The summed E-state index contributed by atoms with van der Waals surface area (Å²) in [6, 6.07) is 10.3. The first kappa shape index (κ1) is 29.1. The highest BCUT2D eigenvalue weighted by Crippen LogP contribution is 2.48. The molecule has 1 heterocycles. The Hall–Kier alpha value is -3.45. The second-order valence-electron chi connectivity index (χ2n) is 9.74. The Morgan fingerprint density at radius 3 is 2.32 bits per heavy atom. The number of halogens is 6. The second-order valence-corrected chi connectivity index (χ2v) is 12.5. The maximum atomic E-state index is 14.7. The summed E-state index contributed by atoms with van der Waals surface area (Å²) in [5.74, 6) is -2.57. The van der Waals surface area contributed by atoms with Gasteiger partial charge in [0.2, 0.25) is 10.0 Å². The average molecular weight is 657 g/mol. The van der Waals surface area contributed by atoms with Crippen molar-refractivity contribution in [1.29, 1.82) is 0 Å². The van der Waals surface area contributed by atoms with Gasteiger partial charge in [0, 0.05) is 24.1 Å². The van der Waals surface area contributed by atoms with E-state index in [9.17, 15) is 35.2 Å². The summed E-state index contributed by atoms with van der Waals surface area (Å²) < 4.78 is 103. The zero-order valence-corrected chi connectivity index (χ0v) is 24.0. The van der Waals surface area contributed by atoms with E-state index in [2.05, 4.69) is 21.2 Å². The number of nitrogens with one attached hydrogen (secondary N) is 1. The van der Waals surface area contributed by atoms with Gasteiger partial charge in [-0.3, -0.25) is 9.10 Å².